The van der Waals surface area contributed by atoms with Crippen LogP contribution in [0, 0.1) is 30.1 Å². The quantitative estimate of drug-likeness (QED) is 0.179. The summed E-state index contributed by atoms with van der Waals surface area (Å²) in [7, 11) is 1.32. The molecule has 4 aromatic heterocycles. The van der Waals surface area contributed by atoms with E-state index in [1.165, 1.54) is 29.2 Å². The van der Waals surface area contributed by atoms with Gasteiger partial charge in [-0.25, -0.2) is 23.5 Å². The fourth-order valence-electron chi connectivity index (χ4n) is 5.64. The summed E-state index contributed by atoms with van der Waals surface area (Å²) in [6, 6.07) is 9.25. The van der Waals surface area contributed by atoms with Crippen LogP contribution in [0.1, 0.15) is 27.3 Å². The Kier molecular flexibility index (Phi) is 9.14. The number of piperazine rings is 1. The zero-order valence-corrected chi connectivity index (χ0v) is 26.8. The molecule has 0 unspecified atom stereocenters. The molecule has 0 atom stereocenters. The molecule has 0 N–H and O–H groups in total. The molecular weight excluding hydrogens is 648 g/mol. The average Bonchev–Trinajstić information content (AvgIpc) is 3.50. The second kappa shape index (κ2) is 13.4. The highest BCUT2D eigenvalue weighted by molar-refractivity contribution is 7.18. The van der Waals surface area contributed by atoms with E-state index in [1.807, 2.05) is 11.0 Å². The van der Waals surface area contributed by atoms with Crippen molar-refractivity contribution in [1.82, 2.24) is 24.4 Å². The van der Waals surface area contributed by atoms with Crippen LogP contribution in [0.15, 0.2) is 46.8 Å². The number of aromatic nitrogens is 4. The summed E-state index contributed by atoms with van der Waals surface area (Å²) in [6.07, 6.45) is 0.649. The second-order valence-corrected chi connectivity index (χ2v) is 12.0. The average molecular weight is 674 g/mol. The monoisotopic (exact) mass is 673 g/mol. The molecule has 47 heavy (non-hydrogen) atoms. The highest BCUT2D eigenvalue weighted by atomic mass is 35.5. The number of methoxy groups -OCH3 is 1. The van der Waals surface area contributed by atoms with Crippen LogP contribution in [0.25, 0.3) is 32.2 Å². The molecule has 10 nitrogen and oxygen atoms in total. The zero-order chi connectivity index (χ0) is 33.2. The van der Waals surface area contributed by atoms with Gasteiger partial charge in [0.2, 0.25) is 0 Å². The van der Waals surface area contributed by atoms with Gasteiger partial charge < -0.3 is 9.64 Å². The van der Waals surface area contributed by atoms with Crippen molar-refractivity contribution < 1.29 is 18.3 Å². The maximum absolute atomic E-state index is 13.8. The summed E-state index contributed by atoms with van der Waals surface area (Å²) < 4.78 is 32.8. The number of thiophene rings is 1. The summed E-state index contributed by atoms with van der Waals surface area (Å²) in [5.74, 6) is 6.48. The van der Waals surface area contributed by atoms with E-state index in [0.717, 1.165) is 15.8 Å². The number of benzene rings is 1. The van der Waals surface area contributed by atoms with Crippen molar-refractivity contribution in [3.8, 4) is 29.0 Å². The predicted molar refractivity (Wildman–Crippen MR) is 176 cm³/mol. The molecule has 1 fully saturated rings. The summed E-state index contributed by atoms with van der Waals surface area (Å²) in [6.45, 7) is 2.91. The molecule has 0 spiro atoms. The molecule has 1 saturated heterocycles. The third-order valence-corrected chi connectivity index (χ3v) is 9.18. The van der Waals surface area contributed by atoms with E-state index in [0.29, 0.717) is 59.5 Å². The van der Waals surface area contributed by atoms with E-state index in [9.17, 15) is 23.6 Å². The van der Waals surface area contributed by atoms with Crippen molar-refractivity contribution in [3.63, 3.8) is 0 Å². The number of nitriles is 1. The largest absolute Gasteiger partial charge is 0.465 e. The number of hydrogen-bond donors (Lipinski definition) is 0. The molecule has 0 saturated carbocycles. The van der Waals surface area contributed by atoms with Crippen molar-refractivity contribution in [2.24, 2.45) is 0 Å². The number of fused-ring (bicyclic) bond motifs is 2. The van der Waals surface area contributed by atoms with Gasteiger partial charge in [-0.1, -0.05) is 23.4 Å². The number of halogens is 3. The number of carbonyl (C=O) groups excluding carboxylic acids is 1. The second-order valence-electron chi connectivity index (χ2n) is 10.7. The minimum atomic E-state index is -2.42. The molecule has 1 aliphatic rings. The minimum absolute atomic E-state index is 0.0122. The third kappa shape index (κ3) is 6.25. The van der Waals surface area contributed by atoms with Crippen LogP contribution in [-0.2, 0) is 11.3 Å². The van der Waals surface area contributed by atoms with Crippen LogP contribution in [0.2, 0.25) is 5.02 Å². The Hall–Kier alpha value is -4.95. The van der Waals surface area contributed by atoms with E-state index in [1.54, 1.807) is 41.6 Å². The Labute approximate surface area is 276 Å². The number of hydrogen-bond acceptors (Lipinski definition) is 10. The van der Waals surface area contributed by atoms with Crippen LogP contribution in [0.4, 0.5) is 14.6 Å². The lowest BCUT2D eigenvalue weighted by atomic mass is 10.00. The normalized spacial score (nSPS) is 13.5. The molecule has 0 radical (unpaired) electrons. The number of esters is 1. The molecule has 6 rings (SSSR count). The predicted octanol–water partition coefficient (Wildman–Crippen LogP) is 5.13. The number of alkyl halides is 2. The summed E-state index contributed by atoms with van der Waals surface area (Å²) >= 11 is 7.75. The van der Waals surface area contributed by atoms with Crippen molar-refractivity contribution in [2.75, 3.05) is 44.7 Å². The maximum Gasteiger partial charge on any atom is 0.340 e. The summed E-state index contributed by atoms with van der Waals surface area (Å²) in [4.78, 5) is 43.0. The number of aryl methyl sites for hydroxylation is 1. The molecule has 238 valence electrons. The van der Waals surface area contributed by atoms with Gasteiger partial charge in [-0.3, -0.25) is 19.2 Å². The highest BCUT2D eigenvalue weighted by Gasteiger charge is 2.25. The minimum Gasteiger partial charge on any atom is -0.465 e. The topological polar surface area (TPSA) is 117 Å². The van der Waals surface area contributed by atoms with Gasteiger partial charge in [0.15, 0.2) is 0 Å². The molecule has 0 aliphatic carbocycles. The Bertz CT molecular complexity index is 2190. The van der Waals surface area contributed by atoms with Crippen LogP contribution >= 0.6 is 22.9 Å². The number of nitrogens with zero attached hydrogens (tertiary/aromatic N) is 7. The summed E-state index contributed by atoms with van der Waals surface area (Å²) in [5, 5.41) is 12.5. The fraction of sp³-hybridized carbons (Fsp3) is 0.273. The number of rotatable bonds is 6. The first-order valence-electron chi connectivity index (χ1n) is 14.5. The number of pyridine rings is 2. The Morgan fingerprint density at radius 2 is 1.96 bits per heavy atom. The van der Waals surface area contributed by atoms with Gasteiger partial charge in [-0.15, -0.1) is 11.3 Å². The van der Waals surface area contributed by atoms with Crippen molar-refractivity contribution in [2.45, 2.75) is 19.9 Å². The van der Waals surface area contributed by atoms with Gasteiger partial charge in [0.05, 0.1) is 53.1 Å². The van der Waals surface area contributed by atoms with Gasteiger partial charge in [-0.2, -0.15) is 5.26 Å². The third-order valence-electron chi connectivity index (χ3n) is 7.94. The number of anilines is 1. The van der Waals surface area contributed by atoms with Crippen LogP contribution in [0.5, 0.6) is 0 Å². The molecule has 0 bridgehead atoms. The van der Waals surface area contributed by atoms with E-state index >= 15 is 0 Å². The first-order valence-corrected chi connectivity index (χ1v) is 15.7. The van der Waals surface area contributed by atoms with Gasteiger partial charge in [0.1, 0.15) is 23.3 Å². The first kappa shape index (κ1) is 32.0. The molecule has 5 aromatic rings. The lowest BCUT2D eigenvalue weighted by molar-refractivity contribution is 0.0603. The van der Waals surface area contributed by atoms with Crippen LogP contribution < -0.4 is 10.5 Å². The van der Waals surface area contributed by atoms with E-state index < -0.39 is 18.0 Å². The maximum atomic E-state index is 13.8. The number of ether oxygens (including phenoxy) is 1. The van der Waals surface area contributed by atoms with Gasteiger partial charge in [0, 0.05) is 59.5 Å². The van der Waals surface area contributed by atoms with Crippen molar-refractivity contribution in [1.29, 1.82) is 5.26 Å². The molecule has 14 heteroatoms. The Morgan fingerprint density at radius 3 is 2.68 bits per heavy atom. The van der Waals surface area contributed by atoms with Crippen LogP contribution in [0.3, 0.4) is 0 Å². The van der Waals surface area contributed by atoms with E-state index in [4.69, 9.17) is 16.3 Å². The lowest BCUT2D eigenvalue weighted by Gasteiger charge is -2.35. The lowest BCUT2D eigenvalue weighted by Crippen LogP contribution is -2.48. The molecule has 1 aliphatic heterocycles. The van der Waals surface area contributed by atoms with Crippen LogP contribution in [-0.4, -0.2) is 76.6 Å². The Morgan fingerprint density at radius 1 is 1.17 bits per heavy atom. The molecule has 5 heterocycles. The molecule has 0 amide bonds. The van der Waals surface area contributed by atoms with E-state index in [2.05, 4.69) is 32.9 Å². The summed E-state index contributed by atoms with van der Waals surface area (Å²) in [5.41, 5.74) is 2.99. The SMILES string of the molecule is COC(=O)c1csc2c(-c3cc(Cl)ccc3C#CCn3c(C)nc4cnc(N5CCN(CC(F)F)CC5)c(C#N)c4c3=O)ccnc12. The fourth-order valence-corrected chi connectivity index (χ4v) is 6.84. The smallest absolute Gasteiger partial charge is 0.340 e. The Balaban J connectivity index is 1.35. The van der Waals surface area contributed by atoms with Crippen molar-refractivity contribution >= 4 is 55.8 Å². The van der Waals surface area contributed by atoms with Crippen molar-refractivity contribution in [3.05, 3.63) is 79.9 Å². The first-order chi connectivity index (χ1) is 22.7. The molecular formula is C33H26ClF2N7O3S. The highest BCUT2D eigenvalue weighted by Crippen LogP contribution is 2.36. The standard InChI is InChI=1S/C33H26ClF2N7O3S/c1-19-40-26-16-39-31(42-12-10-41(11-13-42)17-27(35)36)24(15-37)28(26)32(44)43(19)9-3-4-20-5-6-21(34)14-23(20)22-7-8-38-29-25(33(45)46-2)18-47-30(22)29/h5-8,14,16,18,27H,9-13,17H2,1-2H3. The van der Waals surface area contributed by atoms with E-state index in [-0.39, 0.29) is 29.6 Å². The number of carbonyl (C=O) groups is 1. The zero-order valence-electron chi connectivity index (χ0n) is 25.3. The molecule has 1 aromatic carbocycles. The van der Waals surface area contributed by atoms with Gasteiger partial charge >= 0.3 is 5.97 Å². The van der Waals surface area contributed by atoms with Gasteiger partial charge in [0.25, 0.3) is 12.0 Å². The van der Waals surface area contributed by atoms with Gasteiger partial charge in [-0.05, 0) is 31.2 Å².